The zero-order valence-corrected chi connectivity index (χ0v) is 10.6. The molecule has 1 aromatic rings. The number of halogens is 1. The van der Waals surface area contributed by atoms with Crippen LogP contribution in [0.5, 0.6) is 0 Å². The zero-order chi connectivity index (χ0) is 12.4. The van der Waals surface area contributed by atoms with E-state index in [9.17, 15) is 4.39 Å². The van der Waals surface area contributed by atoms with Gasteiger partial charge in [0, 0.05) is 19.1 Å². The first-order chi connectivity index (χ1) is 8.11. The Bertz CT molecular complexity index is 388. The van der Waals surface area contributed by atoms with Crippen molar-refractivity contribution < 1.29 is 4.39 Å². The maximum absolute atomic E-state index is 13.0. The Labute approximate surface area is 103 Å². The van der Waals surface area contributed by atoms with Crippen molar-refractivity contribution in [3.05, 3.63) is 35.1 Å². The standard InChI is InChI=1S/C14H21FN2/c1-10-7-13(15)6-5-12(10)9-17(2)14(8-16)11-3-4-11/h5-7,11,14H,3-4,8-9,16H2,1-2H3. The van der Waals surface area contributed by atoms with Crippen molar-refractivity contribution in [3.8, 4) is 0 Å². The summed E-state index contributed by atoms with van der Waals surface area (Å²) in [6, 6.07) is 5.48. The summed E-state index contributed by atoms with van der Waals surface area (Å²) in [6.07, 6.45) is 2.60. The highest BCUT2D eigenvalue weighted by atomic mass is 19.1. The third-order valence-corrected chi connectivity index (χ3v) is 3.70. The number of aryl methyl sites for hydroxylation is 1. The lowest BCUT2D eigenvalue weighted by Gasteiger charge is -2.27. The van der Waals surface area contributed by atoms with Crippen LogP contribution in [0.1, 0.15) is 24.0 Å². The molecule has 0 aliphatic heterocycles. The van der Waals surface area contributed by atoms with Gasteiger partial charge in [0.05, 0.1) is 0 Å². The lowest BCUT2D eigenvalue weighted by Crippen LogP contribution is -2.39. The summed E-state index contributed by atoms with van der Waals surface area (Å²) < 4.78 is 13.0. The number of benzene rings is 1. The van der Waals surface area contributed by atoms with Gasteiger partial charge in [0.25, 0.3) is 0 Å². The first kappa shape index (κ1) is 12.5. The third kappa shape index (κ3) is 3.05. The van der Waals surface area contributed by atoms with Crippen molar-refractivity contribution in [2.75, 3.05) is 13.6 Å². The van der Waals surface area contributed by atoms with E-state index in [2.05, 4.69) is 11.9 Å². The largest absolute Gasteiger partial charge is 0.329 e. The first-order valence-corrected chi connectivity index (χ1v) is 6.27. The van der Waals surface area contributed by atoms with Crippen LogP contribution in [0, 0.1) is 18.7 Å². The Morgan fingerprint density at radius 1 is 1.47 bits per heavy atom. The van der Waals surface area contributed by atoms with Crippen LogP contribution in [-0.2, 0) is 6.54 Å². The number of nitrogens with zero attached hydrogens (tertiary/aromatic N) is 1. The smallest absolute Gasteiger partial charge is 0.123 e. The Morgan fingerprint density at radius 2 is 2.18 bits per heavy atom. The molecule has 2 rings (SSSR count). The molecule has 1 aliphatic rings. The Morgan fingerprint density at radius 3 is 2.71 bits per heavy atom. The third-order valence-electron chi connectivity index (χ3n) is 3.70. The van der Waals surface area contributed by atoms with Gasteiger partial charge in [-0.2, -0.15) is 0 Å². The molecule has 0 saturated heterocycles. The molecule has 0 aromatic heterocycles. The van der Waals surface area contributed by atoms with E-state index in [0.29, 0.717) is 12.6 Å². The van der Waals surface area contributed by atoms with Crippen LogP contribution in [0.3, 0.4) is 0 Å². The minimum Gasteiger partial charge on any atom is -0.329 e. The molecule has 1 atom stereocenters. The van der Waals surface area contributed by atoms with Gasteiger partial charge in [-0.05, 0) is 56.0 Å². The molecule has 1 fully saturated rings. The van der Waals surface area contributed by atoms with Crippen LogP contribution >= 0.6 is 0 Å². The highest BCUT2D eigenvalue weighted by molar-refractivity contribution is 5.26. The van der Waals surface area contributed by atoms with E-state index in [0.717, 1.165) is 18.0 Å². The van der Waals surface area contributed by atoms with E-state index in [1.165, 1.54) is 24.5 Å². The molecule has 0 heterocycles. The van der Waals surface area contributed by atoms with Crippen molar-refractivity contribution in [3.63, 3.8) is 0 Å². The summed E-state index contributed by atoms with van der Waals surface area (Å²) in [7, 11) is 2.11. The van der Waals surface area contributed by atoms with Gasteiger partial charge < -0.3 is 5.73 Å². The fourth-order valence-corrected chi connectivity index (χ4v) is 2.44. The quantitative estimate of drug-likeness (QED) is 0.850. The maximum Gasteiger partial charge on any atom is 0.123 e. The molecule has 1 unspecified atom stereocenters. The minimum atomic E-state index is -0.161. The number of nitrogens with two attached hydrogens (primary N) is 1. The van der Waals surface area contributed by atoms with Crippen molar-refractivity contribution in [1.82, 2.24) is 4.90 Å². The van der Waals surface area contributed by atoms with Gasteiger partial charge in [0.15, 0.2) is 0 Å². The van der Waals surface area contributed by atoms with Gasteiger partial charge >= 0.3 is 0 Å². The fourth-order valence-electron chi connectivity index (χ4n) is 2.44. The van der Waals surface area contributed by atoms with Gasteiger partial charge in [0.2, 0.25) is 0 Å². The summed E-state index contributed by atoms with van der Waals surface area (Å²) in [5.41, 5.74) is 8.03. The summed E-state index contributed by atoms with van der Waals surface area (Å²) in [5.74, 6) is 0.609. The highest BCUT2D eigenvalue weighted by Gasteiger charge is 2.32. The van der Waals surface area contributed by atoms with Crippen LogP contribution in [0.25, 0.3) is 0 Å². The molecule has 0 amide bonds. The molecule has 2 N–H and O–H groups in total. The van der Waals surface area contributed by atoms with Gasteiger partial charge in [-0.15, -0.1) is 0 Å². The maximum atomic E-state index is 13.0. The molecule has 2 nitrogen and oxygen atoms in total. The molecular formula is C14H21FN2. The monoisotopic (exact) mass is 236 g/mol. The second-order valence-corrected chi connectivity index (χ2v) is 5.13. The highest BCUT2D eigenvalue weighted by Crippen LogP contribution is 2.35. The van der Waals surface area contributed by atoms with Crippen LogP contribution < -0.4 is 5.73 Å². The van der Waals surface area contributed by atoms with Crippen LogP contribution in [0.2, 0.25) is 0 Å². The van der Waals surface area contributed by atoms with E-state index in [1.54, 1.807) is 6.07 Å². The minimum absolute atomic E-state index is 0.161. The molecule has 0 spiro atoms. The van der Waals surface area contributed by atoms with E-state index in [-0.39, 0.29) is 5.82 Å². The van der Waals surface area contributed by atoms with Crippen LogP contribution in [-0.4, -0.2) is 24.5 Å². The Hall–Kier alpha value is -0.930. The van der Waals surface area contributed by atoms with E-state index < -0.39 is 0 Å². The van der Waals surface area contributed by atoms with Crippen molar-refractivity contribution in [1.29, 1.82) is 0 Å². The molecule has 94 valence electrons. The van der Waals surface area contributed by atoms with Crippen molar-refractivity contribution in [2.45, 2.75) is 32.4 Å². The molecule has 0 radical (unpaired) electrons. The number of rotatable bonds is 5. The molecule has 0 bridgehead atoms. The molecule has 1 saturated carbocycles. The lowest BCUT2D eigenvalue weighted by atomic mass is 10.1. The molecular weight excluding hydrogens is 215 g/mol. The molecule has 1 aliphatic carbocycles. The summed E-state index contributed by atoms with van der Waals surface area (Å²) in [5, 5.41) is 0. The summed E-state index contributed by atoms with van der Waals surface area (Å²) in [6.45, 7) is 3.52. The van der Waals surface area contributed by atoms with E-state index >= 15 is 0 Å². The van der Waals surface area contributed by atoms with Crippen LogP contribution in [0.4, 0.5) is 4.39 Å². The SMILES string of the molecule is Cc1cc(F)ccc1CN(C)C(CN)C1CC1. The van der Waals surface area contributed by atoms with Crippen molar-refractivity contribution in [2.24, 2.45) is 11.7 Å². The lowest BCUT2D eigenvalue weighted by molar-refractivity contribution is 0.215. The second kappa shape index (κ2) is 5.15. The first-order valence-electron chi connectivity index (χ1n) is 6.27. The van der Waals surface area contributed by atoms with Crippen LogP contribution in [0.15, 0.2) is 18.2 Å². The van der Waals surface area contributed by atoms with E-state index in [1.807, 2.05) is 13.0 Å². The normalized spacial score (nSPS) is 17.5. The molecule has 1 aromatic carbocycles. The predicted octanol–water partition coefficient (Wildman–Crippen LogP) is 2.30. The van der Waals surface area contributed by atoms with E-state index in [4.69, 9.17) is 5.73 Å². The van der Waals surface area contributed by atoms with Crippen molar-refractivity contribution >= 4 is 0 Å². The predicted molar refractivity (Wildman–Crippen MR) is 68.2 cm³/mol. The number of hydrogen-bond acceptors (Lipinski definition) is 2. The average molecular weight is 236 g/mol. The fraction of sp³-hybridized carbons (Fsp3) is 0.571. The average Bonchev–Trinajstić information content (AvgIpc) is 3.08. The topological polar surface area (TPSA) is 29.3 Å². The summed E-state index contributed by atoms with van der Waals surface area (Å²) in [4.78, 5) is 2.30. The number of likely N-dealkylation sites (N-methyl/N-ethyl adjacent to an activating group) is 1. The zero-order valence-electron chi connectivity index (χ0n) is 10.6. The summed E-state index contributed by atoms with van der Waals surface area (Å²) >= 11 is 0. The van der Waals surface area contributed by atoms with Gasteiger partial charge in [-0.3, -0.25) is 4.90 Å². The second-order valence-electron chi connectivity index (χ2n) is 5.13. The molecule has 3 heteroatoms. The molecule has 17 heavy (non-hydrogen) atoms. The van der Waals surface area contributed by atoms with Gasteiger partial charge in [-0.25, -0.2) is 4.39 Å². The Kier molecular flexibility index (Phi) is 3.79. The number of hydrogen-bond donors (Lipinski definition) is 1. The Balaban J connectivity index is 2.03. The van der Waals surface area contributed by atoms with Gasteiger partial charge in [-0.1, -0.05) is 6.07 Å². The van der Waals surface area contributed by atoms with Gasteiger partial charge in [0.1, 0.15) is 5.82 Å².